The first-order valence-corrected chi connectivity index (χ1v) is 7.14. The van der Waals surface area contributed by atoms with Gasteiger partial charge in [0, 0.05) is 17.6 Å². The summed E-state index contributed by atoms with van der Waals surface area (Å²) in [6.45, 7) is 1.91. The predicted molar refractivity (Wildman–Crippen MR) is 76.6 cm³/mol. The van der Waals surface area contributed by atoms with Crippen molar-refractivity contribution in [1.29, 1.82) is 0 Å². The van der Waals surface area contributed by atoms with Crippen molar-refractivity contribution in [3.8, 4) is 0 Å². The van der Waals surface area contributed by atoms with Crippen LogP contribution in [0.4, 0.5) is 0 Å². The molecular weight excluding hydrogens is 292 g/mol. The number of nitrogens with one attached hydrogen (secondary N) is 2. The van der Waals surface area contributed by atoms with Crippen LogP contribution in [0.3, 0.4) is 0 Å². The quantitative estimate of drug-likeness (QED) is 0.897. The molecule has 0 saturated carbocycles. The van der Waals surface area contributed by atoms with Crippen molar-refractivity contribution in [2.75, 3.05) is 7.05 Å². The number of aryl methyl sites for hydroxylation is 1. The Bertz CT molecular complexity index is 447. The van der Waals surface area contributed by atoms with E-state index in [9.17, 15) is 4.79 Å². The fourth-order valence-electron chi connectivity index (χ4n) is 2.51. The molecule has 0 fully saturated rings. The van der Waals surface area contributed by atoms with Gasteiger partial charge in [0.2, 0.25) is 5.91 Å². The number of fused-ring (bicyclic) bond motifs is 1. The lowest BCUT2D eigenvalue weighted by Gasteiger charge is -2.28. The second-order valence-corrected chi connectivity index (χ2v) is 5.77. The van der Waals surface area contributed by atoms with Crippen LogP contribution in [0.1, 0.15) is 24.5 Å². The summed E-state index contributed by atoms with van der Waals surface area (Å²) in [5.41, 5.74) is 2.82. The maximum absolute atomic E-state index is 11.5. The van der Waals surface area contributed by atoms with Crippen LogP contribution in [-0.4, -0.2) is 25.0 Å². The minimum atomic E-state index is -0.128. The van der Waals surface area contributed by atoms with Crippen LogP contribution in [-0.2, 0) is 17.6 Å². The third-order valence-corrected chi connectivity index (χ3v) is 4.02. The van der Waals surface area contributed by atoms with Gasteiger partial charge < -0.3 is 10.6 Å². The highest BCUT2D eigenvalue weighted by molar-refractivity contribution is 9.10. The molecule has 0 saturated heterocycles. The molecule has 0 radical (unpaired) electrons. The molecule has 2 atom stereocenters. The summed E-state index contributed by atoms with van der Waals surface area (Å²) in [4.78, 5) is 11.5. The SMILES string of the molecule is CNC(=O)C(C)NC1CCc2cc(Br)ccc2C1. The minimum absolute atomic E-state index is 0.0524. The van der Waals surface area contributed by atoms with Gasteiger partial charge in [-0.15, -0.1) is 0 Å². The zero-order valence-corrected chi connectivity index (χ0v) is 12.4. The van der Waals surface area contributed by atoms with Crippen molar-refractivity contribution in [3.63, 3.8) is 0 Å². The summed E-state index contributed by atoms with van der Waals surface area (Å²) in [6.07, 6.45) is 3.17. The van der Waals surface area contributed by atoms with Gasteiger partial charge in [-0.05, 0) is 49.4 Å². The van der Waals surface area contributed by atoms with Crippen molar-refractivity contribution in [1.82, 2.24) is 10.6 Å². The van der Waals surface area contributed by atoms with E-state index < -0.39 is 0 Å². The molecule has 0 spiro atoms. The molecule has 2 unspecified atom stereocenters. The average molecular weight is 311 g/mol. The Hall–Kier alpha value is -0.870. The summed E-state index contributed by atoms with van der Waals surface area (Å²) < 4.78 is 1.14. The number of amides is 1. The third kappa shape index (κ3) is 3.12. The van der Waals surface area contributed by atoms with Gasteiger partial charge in [0.1, 0.15) is 0 Å². The molecule has 2 N–H and O–H groups in total. The number of carbonyl (C=O) groups excluding carboxylic acids is 1. The lowest BCUT2D eigenvalue weighted by Crippen LogP contribution is -2.47. The molecule has 3 nitrogen and oxygen atoms in total. The standard InChI is InChI=1S/C14H19BrN2O/c1-9(14(18)16-2)17-13-6-4-10-7-12(15)5-3-11(10)8-13/h3,5,7,9,13,17H,4,6,8H2,1-2H3,(H,16,18). The van der Waals surface area contributed by atoms with Gasteiger partial charge in [-0.2, -0.15) is 0 Å². The van der Waals surface area contributed by atoms with Crippen LogP contribution in [0.2, 0.25) is 0 Å². The van der Waals surface area contributed by atoms with Gasteiger partial charge >= 0.3 is 0 Å². The van der Waals surface area contributed by atoms with Crippen molar-refractivity contribution in [2.45, 2.75) is 38.3 Å². The van der Waals surface area contributed by atoms with E-state index in [-0.39, 0.29) is 11.9 Å². The van der Waals surface area contributed by atoms with E-state index in [2.05, 4.69) is 44.8 Å². The van der Waals surface area contributed by atoms with E-state index in [1.807, 2.05) is 6.92 Å². The Morgan fingerprint density at radius 1 is 1.44 bits per heavy atom. The fourth-order valence-corrected chi connectivity index (χ4v) is 2.92. The molecule has 2 rings (SSSR count). The third-order valence-electron chi connectivity index (χ3n) is 3.52. The average Bonchev–Trinajstić information content (AvgIpc) is 2.38. The molecule has 0 heterocycles. The van der Waals surface area contributed by atoms with Gasteiger partial charge in [-0.1, -0.05) is 22.0 Å². The second-order valence-electron chi connectivity index (χ2n) is 4.86. The van der Waals surface area contributed by atoms with E-state index in [0.29, 0.717) is 6.04 Å². The van der Waals surface area contributed by atoms with E-state index in [1.54, 1.807) is 7.05 Å². The zero-order chi connectivity index (χ0) is 13.1. The Morgan fingerprint density at radius 3 is 2.94 bits per heavy atom. The summed E-state index contributed by atoms with van der Waals surface area (Å²) in [7, 11) is 1.67. The topological polar surface area (TPSA) is 41.1 Å². The molecule has 0 aromatic heterocycles. The van der Waals surface area contributed by atoms with Crippen molar-refractivity contribution < 1.29 is 4.79 Å². The lowest BCUT2D eigenvalue weighted by molar-refractivity contribution is -0.122. The van der Waals surface area contributed by atoms with E-state index in [4.69, 9.17) is 0 Å². The van der Waals surface area contributed by atoms with Crippen LogP contribution in [0.25, 0.3) is 0 Å². The molecule has 1 amide bonds. The maximum Gasteiger partial charge on any atom is 0.236 e. The highest BCUT2D eigenvalue weighted by atomic mass is 79.9. The number of likely N-dealkylation sites (N-methyl/N-ethyl adjacent to an activating group) is 1. The van der Waals surface area contributed by atoms with Crippen molar-refractivity contribution >= 4 is 21.8 Å². The van der Waals surface area contributed by atoms with Gasteiger partial charge in [0.15, 0.2) is 0 Å². The number of carbonyl (C=O) groups is 1. The van der Waals surface area contributed by atoms with E-state index in [1.165, 1.54) is 11.1 Å². The number of hydrogen-bond donors (Lipinski definition) is 2. The largest absolute Gasteiger partial charge is 0.358 e. The Kier molecular flexibility index (Phi) is 4.40. The number of benzene rings is 1. The highest BCUT2D eigenvalue weighted by Crippen LogP contribution is 2.24. The predicted octanol–water partition coefficient (Wildman–Crippen LogP) is 2.03. The Balaban J connectivity index is 2.00. The second kappa shape index (κ2) is 5.85. The molecule has 0 bridgehead atoms. The van der Waals surface area contributed by atoms with Crippen LogP contribution in [0.15, 0.2) is 22.7 Å². The number of rotatable bonds is 3. The van der Waals surface area contributed by atoms with E-state index in [0.717, 1.165) is 23.7 Å². The van der Waals surface area contributed by atoms with Crippen molar-refractivity contribution in [3.05, 3.63) is 33.8 Å². The molecule has 1 aliphatic carbocycles. The molecular formula is C14H19BrN2O. The molecule has 4 heteroatoms. The molecule has 1 aromatic carbocycles. The summed E-state index contributed by atoms with van der Waals surface area (Å²) in [6, 6.07) is 6.73. The molecule has 1 aliphatic rings. The monoisotopic (exact) mass is 310 g/mol. The van der Waals surface area contributed by atoms with Crippen molar-refractivity contribution in [2.24, 2.45) is 0 Å². The van der Waals surface area contributed by atoms with Crippen LogP contribution >= 0.6 is 15.9 Å². The fraction of sp³-hybridized carbons (Fsp3) is 0.500. The van der Waals surface area contributed by atoms with Gasteiger partial charge in [-0.3, -0.25) is 4.79 Å². The van der Waals surface area contributed by atoms with Crippen LogP contribution in [0.5, 0.6) is 0 Å². The van der Waals surface area contributed by atoms with Gasteiger partial charge in [0.25, 0.3) is 0 Å². The van der Waals surface area contributed by atoms with Gasteiger partial charge in [-0.25, -0.2) is 0 Å². The van der Waals surface area contributed by atoms with Crippen LogP contribution < -0.4 is 10.6 Å². The highest BCUT2D eigenvalue weighted by Gasteiger charge is 2.22. The lowest BCUT2D eigenvalue weighted by atomic mass is 9.88. The first-order valence-electron chi connectivity index (χ1n) is 6.35. The van der Waals surface area contributed by atoms with Gasteiger partial charge in [0.05, 0.1) is 6.04 Å². The molecule has 98 valence electrons. The summed E-state index contributed by atoms with van der Waals surface area (Å²) in [5.74, 6) is 0.0524. The first-order chi connectivity index (χ1) is 8.60. The molecule has 18 heavy (non-hydrogen) atoms. The Labute approximate surface area is 116 Å². The minimum Gasteiger partial charge on any atom is -0.358 e. The summed E-state index contributed by atoms with van der Waals surface area (Å²) in [5, 5.41) is 6.07. The maximum atomic E-state index is 11.5. The van der Waals surface area contributed by atoms with Crippen LogP contribution in [0, 0.1) is 0 Å². The zero-order valence-electron chi connectivity index (χ0n) is 10.8. The smallest absolute Gasteiger partial charge is 0.236 e. The normalized spacial score (nSPS) is 20.1. The Morgan fingerprint density at radius 2 is 2.22 bits per heavy atom. The summed E-state index contributed by atoms with van der Waals surface area (Å²) >= 11 is 3.51. The molecule has 1 aromatic rings. The number of halogens is 1. The molecule has 0 aliphatic heterocycles. The van der Waals surface area contributed by atoms with E-state index >= 15 is 0 Å². The first kappa shape index (κ1) is 13.6. The number of hydrogen-bond acceptors (Lipinski definition) is 2.